The van der Waals surface area contributed by atoms with Crippen LogP contribution in [0.25, 0.3) is 10.8 Å². The van der Waals surface area contributed by atoms with E-state index in [-0.39, 0.29) is 17.2 Å². The maximum Gasteiger partial charge on any atom is 0.243 e. The van der Waals surface area contributed by atoms with Crippen LogP contribution in [0.1, 0.15) is 49.8 Å². The lowest BCUT2D eigenvalue weighted by molar-refractivity contribution is -0.122. The molecule has 0 spiro atoms. The highest BCUT2D eigenvalue weighted by atomic mass is 16.2. The first-order valence-electron chi connectivity index (χ1n) is 9.84. The summed E-state index contributed by atoms with van der Waals surface area (Å²) >= 11 is 0. The number of carbonyl (C=O) groups is 1. The Morgan fingerprint density at radius 1 is 1.00 bits per heavy atom. The predicted octanol–water partition coefficient (Wildman–Crippen LogP) is 5.39. The molecule has 1 fully saturated rings. The normalized spacial score (nSPS) is 19.1. The van der Waals surface area contributed by atoms with Crippen molar-refractivity contribution in [1.29, 1.82) is 0 Å². The lowest BCUT2D eigenvalue weighted by Crippen LogP contribution is -2.20. The first-order chi connectivity index (χ1) is 13.4. The van der Waals surface area contributed by atoms with Crippen molar-refractivity contribution < 1.29 is 4.79 Å². The van der Waals surface area contributed by atoms with Gasteiger partial charge in [-0.1, -0.05) is 87.5 Å². The van der Waals surface area contributed by atoms with Gasteiger partial charge in [-0.05, 0) is 39.7 Å². The number of nitrogens with one attached hydrogen (secondary N) is 1. The summed E-state index contributed by atoms with van der Waals surface area (Å²) in [5, 5.41) is 6.50. The maximum absolute atomic E-state index is 12.4. The second-order valence-corrected chi connectivity index (χ2v) is 8.62. The fourth-order valence-corrected chi connectivity index (χ4v) is 3.69. The van der Waals surface area contributed by atoms with E-state index in [0.717, 1.165) is 17.4 Å². The molecule has 3 nitrogen and oxygen atoms in total. The molecule has 0 unspecified atom stereocenters. The Kier molecular flexibility index (Phi) is 4.76. The van der Waals surface area contributed by atoms with Crippen molar-refractivity contribution in [3.05, 3.63) is 83.4 Å². The van der Waals surface area contributed by atoms with Crippen molar-refractivity contribution in [1.82, 2.24) is 5.43 Å². The van der Waals surface area contributed by atoms with E-state index in [2.05, 4.69) is 73.8 Å². The number of benzene rings is 3. The van der Waals surface area contributed by atoms with Crippen LogP contribution < -0.4 is 5.43 Å². The van der Waals surface area contributed by atoms with E-state index in [4.69, 9.17) is 0 Å². The lowest BCUT2D eigenvalue weighted by Gasteiger charge is -2.19. The second-order valence-electron chi connectivity index (χ2n) is 8.62. The SMILES string of the molecule is CC(C)(C)c1ccc([C@@H]2C[C@@H]2C(=O)N/N=C\c2cccc3ccccc23)cc1. The van der Waals surface area contributed by atoms with Crippen molar-refractivity contribution in [3.63, 3.8) is 0 Å². The number of amides is 1. The van der Waals surface area contributed by atoms with Gasteiger partial charge in [0.05, 0.1) is 6.21 Å². The summed E-state index contributed by atoms with van der Waals surface area (Å²) in [4.78, 5) is 12.4. The highest BCUT2D eigenvalue weighted by Crippen LogP contribution is 2.47. The molecule has 28 heavy (non-hydrogen) atoms. The summed E-state index contributed by atoms with van der Waals surface area (Å²) in [6, 6.07) is 23.0. The second kappa shape index (κ2) is 7.23. The molecule has 3 aromatic rings. The molecule has 0 aliphatic heterocycles. The third-order valence-electron chi connectivity index (χ3n) is 5.53. The third-order valence-corrected chi connectivity index (χ3v) is 5.53. The minimum absolute atomic E-state index is 0.00128. The van der Waals surface area contributed by atoms with Gasteiger partial charge in [-0.3, -0.25) is 4.79 Å². The van der Waals surface area contributed by atoms with E-state index in [1.807, 2.05) is 24.3 Å². The van der Waals surface area contributed by atoms with Gasteiger partial charge >= 0.3 is 0 Å². The summed E-state index contributed by atoms with van der Waals surface area (Å²) in [6.45, 7) is 6.63. The molecule has 0 radical (unpaired) electrons. The van der Waals surface area contributed by atoms with E-state index in [1.54, 1.807) is 6.21 Å². The van der Waals surface area contributed by atoms with Crippen molar-refractivity contribution in [2.75, 3.05) is 0 Å². The maximum atomic E-state index is 12.4. The first-order valence-corrected chi connectivity index (χ1v) is 9.84. The van der Waals surface area contributed by atoms with Crippen LogP contribution in [-0.2, 0) is 10.2 Å². The number of hydrogen-bond acceptors (Lipinski definition) is 2. The quantitative estimate of drug-likeness (QED) is 0.485. The van der Waals surface area contributed by atoms with Gasteiger partial charge in [-0.2, -0.15) is 5.10 Å². The van der Waals surface area contributed by atoms with Crippen LogP contribution in [0.4, 0.5) is 0 Å². The van der Waals surface area contributed by atoms with E-state index in [1.165, 1.54) is 16.5 Å². The number of hydrazone groups is 1. The Morgan fingerprint density at radius 3 is 2.46 bits per heavy atom. The minimum Gasteiger partial charge on any atom is -0.273 e. The molecule has 0 aromatic heterocycles. The molecule has 0 bridgehead atoms. The van der Waals surface area contributed by atoms with Gasteiger partial charge in [-0.15, -0.1) is 0 Å². The Morgan fingerprint density at radius 2 is 1.71 bits per heavy atom. The van der Waals surface area contributed by atoms with Crippen molar-refractivity contribution in [2.45, 2.75) is 38.5 Å². The Hall–Kier alpha value is -2.94. The van der Waals surface area contributed by atoms with Gasteiger partial charge in [0.25, 0.3) is 0 Å². The fourth-order valence-electron chi connectivity index (χ4n) is 3.69. The van der Waals surface area contributed by atoms with Crippen LogP contribution in [0.5, 0.6) is 0 Å². The molecule has 0 heterocycles. The number of carbonyl (C=O) groups excluding carboxylic acids is 1. The largest absolute Gasteiger partial charge is 0.273 e. The molecule has 1 amide bonds. The van der Waals surface area contributed by atoms with Crippen LogP contribution in [0.15, 0.2) is 71.8 Å². The van der Waals surface area contributed by atoms with Crippen molar-refractivity contribution in [2.24, 2.45) is 11.0 Å². The van der Waals surface area contributed by atoms with Crippen molar-refractivity contribution >= 4 is 22.9 Å². The fraction of sp³-hybridized carbons (Fsp3) is 0.280. The molecular formula is C25H26N2O. The molecular weight excluding hydrogens is 344 g/mol. The highest BCUT2D eigenvalue weighted by molar-refractivity contribution is 6.00. The molecule has 142 valence electrons. The van der Waals surface area contributed by atoms with Crippen LogP contribution in [0, 0.1) is 5.92 Å². The third kappa shape index (κ3) is 3.84. The minimum atomic E-state index is 0.00128. The summed E-state index contributed by atoms with van der Waals surface area (Å²) in [6.07, 6.45) is 2.63. The van der Waals surface area contributed by atoms with Gasteiger partial charge in [0, 0.05) is 11.5 Å². The first kappa shape index (κ1) is 18.4. The molecule has 1 aliphatic rings. The molecule has 2 atom stereocenters. The summed E-state index contributed by atoms with van der Waals surface area (Å²) in [5.74, 6) is 0.327. The lowest BCUT2D eigenvalue weighted by atomic mass is 9.86. The average molecular weight is 370 g/mol. The average Bonchev–Trinajstić information content (AvgIpc) is 3.48. The number of hydrogen-bond donors (Lipinski definition) is 1. The zero-order valence-electron chi connectivity index (χ0n) is 16.6. The predicted molar refractivity (Wildman–Crippen MR) is 116 cm³/mol. The monoisotopic (exact) mass is 370 g/mol. The van der Waals surface area contributed by atoms with Crippen LogP contribution >= 0.6 is 0 Å². The molecule has 0 saturated heterocycles. The van der Waals surface area contributed by atoms with Crippen LogP contribution in [0.2, 0.25) is 0 Å². The smallest absolute Gasteiger partial charge is 0.243 e. The van der Waals surface area contributed by atoms with Crippen LogP contribution in [0.3, 0.4) is 0 Å². The van der Waals surface area contributed by atoms with Gasteiger partial charge in [-0.25, -0.2) is 5.43 Å². The number of nitrogens with zero attached hydrogens (tertiary/aromatic N) is 1. The van der Waals surface area contributed by atoms with E-state index < -0.39 is 0 Å². The Labute approximate surface area is 166 Å². The number of fused-ring (bicyclic) bond motifs is 1. The highest BCUT2D eigenvalue weighted by Gasteiger charge is 2.43. The van der Waals surface area contributed by atoms with E-state index >= 15 is 0 Å². The van der Waals surface area contributed by atoms with Gasteiger partial charge in [0.1, 0.15) is 0 Å². The summed E-state index contributed by atoms with van der Waals surface area (Å²) in [7, 11) is 0. The van der Waals surface area contributed by atoms with E-state index in [0.29, 0.717) is 5.92 Å². The zero-order valence-corrected chi connectivity index (χ0v) is 16.6. The summed E-state index contributed by atoms with van der Waals surface area (Å²) in [5.41, 5.74) is 6.43. The zero-order chi connectivity index (χ0) is 19.7. The molecule has 4 rings (SSSR count). The molecule has 3 heteroatoms. The Bertz CT molecular complexity index is 1020. The standard InChI is InChI=1S/C25H26N2O/c1-25(2,3)20-13-11-18(12-14-20)22-15-23(22)24(28)27-26-16-19-9-6-8-17-7-4-5-10-21(17)19/h4-14,16,22-23H,15H2,1-3H3,(H,27,28)/b26-16-/t22-,23-/m0/s1. The molecule has 1 saturated carbocycles. The topological polar surface area (TPSA) is 41.5 Å². The van der Waals surface area contributed by atoms with Gasteiger partial charge in [0.2, 0.25) is 5.91 Å². The summed E-state index contributed by atoms with van der Waals surface area (Å²) < 4.78 is 0. The number of rotatable bonds is 4. The molecule has 1 aliphatic carbocycles. The molecule has 3 aromatic carbocycles. The van der Waals surface area contributed by atoms with Crippen LogP contribution in [-0.4, -0.2) is 12.1 Å². The Balaban J connectivity index is 1.38. The molecule has 1 N–H and O–H groups in total. The van der Waals surface area contributed by atoms with Gasteiger partial charge in [0.15, 0.2) is 0 Å². The van der Waals surface area contributed by atoms with Gasteiger partial charge < -0.3 is 0 Å². The van der Waals surface area contributed by atoms with E-state index in [9.17, 15) is 4.79 Å². The van der Waals surface area contributed by atoms with Crippen molar-refractivity contribution in [3.8, 4) is 0 Å².